The number of likely N-dealkylation sites (tertiary alicyclic amines) is 1. The average Bonchev–Trinajstić information content (AvgIpc) is 3.37. The number of amides is 1. The van der Waals surface area contributed by atoms with E-state index in [9.17, 15) is 4.79 Å². The molecule has 1 saturated carbocycles. The average molecular weight is 465 g/mol. The third-order valence-corrected chi connectivity index (χ3v) is 4.87. The van der Waals surface area contributed by atoms with Crippen LogP contribution in [0.5, 0.6) is 0 Å². The van der Waals surface area contributed by atoms with Crippen molar-refractivity contribution in [3.8, 4) is 0 Å². The second-order valence-electron chi connectivity index (χ2n) is 7.33. The molecular formula is C18H36IN5O. The van der Waals surface area contributed by atoms with E-state index in [2.05, 4.69) is 22.5 Å². The fourth-order valence-electron chi connectivity index (χ4n) is 3.06. The summed E-state index contributed by atoms with van der Waals surface area (Å²) in [5.74, 6) is 2.13. The fraction of sp³-hybridized carbons (Fsp3) is 0.889. The molecule has 1 heterocycles. The second-order valence-corrected chi connectivity index (χ2v) is 7.33. The molecule has 2 aliphatic rings. The number of rotatable bonds is 8. The Balaban J connectivity index is 0.00000312. The van der Waals surface area contributed by atoms with E-state index in [4.69, 9.17) is 4.99 Å². The van der Waals surface area contributed by atoms with Gasteiger partial charge in [0.2, 0.25) is 5.91 Å². The zero-order chi connectivity index (χ0) is 17.4. The highest BCUT2D eigenvalue weighted by atomic mass is 127. The molecule has 1 aliphatic heterocycles. The van der Waals surface area contributed by atoms with Gasteiger partial charge < -0.3 is 15.5 Å². The number of carbonyl (C=O) groups is 1. The van der Waals surface area contributed by atoms with Crippen LogP contribution in [0.15, 0.2) is 4.99 Å². The van der Waals surface area contributed by atoms with E-state index >= 15 is 0 Å². The summed E-state index contributed by atoms with van der Waals surface area (Å²) in [4.78, 5) is 20.4. The number of likely N-dealkylation sites (N-methyl/N-ethyl adjacent to an activating group) is 1. The Kier molecular flexibility index (Phi) is 10.7. The molecule has 1 saturated heterocycles. The van der Waals surface area contributed by atoms with Crippen LogP contribution < -0.4 is 10.6 Å². The van der Waals surface area contributed by atoms with E-state index in [1.165, 1.54) is 25.7 Å². The minimum atomic E-state index is 0. The quantitative estimate of drug-likeness (QED) is 0.249. The number of piperidine rings is 1. The van der Waals surface area contributed by atoms with Crippen molar-refractivity contribution in [2.45, 2.75) is 51.5 Å². The first-order valence-electron chi connectivity index (χ1n) is 9.55. The van der Waals surface area contributed by atoms with E-state index in [0.29, 0.717) is 12.6 Å². The molecule has 0 bridgehead atoms. The maximum atomic E-state index is 11.8. The smallest absolute Gasteiger partial charge is 0.236 e. The van der Waals surface area contributed by atoms with Crippen molar-refractivity contribution >= 4 is 35.8 Å². The number of carbonyl (C=O) groups excluding carboxylic acids is 1. The summed E-state index contributed by atoms with van der Waals surface area (Å²) < 4.78 is 0. The lowest BCUT2D eigenvalue weighted by Crippen LogP contribution is -2.50. The molecule has 0 unspecified atom stereocenters. The van der Waals surface area contributed by atoms with Gasteiger partial charge in [-0.2, -0.15) is 0 Å². The Morgan fingerprint density at radius 1 is 1.20 bits per heavy atom. The predicted octanol–water partition coefficient (Wildman–Crippen LogP) is 1.90. The minimum absolute atomic E-state index is 0. The van der Waals surface area contributed by atoms with Crippen LogP contribution in [0.25, 0.3) is 0 Å². The van der Waals surface area contributed by atoms with Gasteiger partial charge in [0, 0.05) is 46.3 Å². The maximum absolute atomic E-state index is 11.8. The summed E-state index contributed by atoms with van der Waals surface area (Å²) in [5, 5.41) is 6.93. The fourth-order valence-corrected chi connectivity index (χ4v) is 3.06. The van der Waals surface area contributed by atoms with E-state index in [1.54, 1.807) is 4.90 Å². The predicted molar refractivity (Wildman–Crippen MR) is 115 cm³/mol. The third kappa shape index (κ3) is 9.08. The zero-order valence-electron chi connectivity index (χ0n) is 16.1. The van der Waals surface area contributed by atoms with E-state index in [1.807, 2.05) is 14.1 Å². The number of nitrogens with one attached hydrogen (secondary N) is 2. The summed E-state index contributed by atoms with van der Waals surface area (Å²) in [6.07, 6.45) is 7.52. The minimum Gasteiger partial charge on any atom is -0.357 e. The number of aliphatic imine (C=N–C) groups is 1. The molecule has 0 spiro atoms. The van der Waals surface area contributed by atoms with Crippen LogP contribution in [-0.2, 0) is 4.79 Å². The molecule has 1 aliphatic carbocycles. The molecule has 0 aromatic rings. The normalized spacial score (nSPS) is 19.2. The van der Waals surface area contributed by atoms with Crippen LogP contribution in [0.1, 0.15) is 45.4 Å². The van der Waals surface area contributed by atoms with Gasteiger partial charge in [-0.05, 0) is 38.5 Å². The Hall–Kier alpha value is -0.570. The summed E-state index contributed by atoms with van der Waals surface area (Å²) >= 11 is 0. The molecule has 0 radical (unpaired) electrons. The van der Waals surface area contributed by atoms with Gasteiger partial charge in [-0.25, -0.2) is 0 Å². The van der Waals surface area contributed by atoms with Gasteiger partial charge in [-0.3, -0.25) is 14.7 Å². The van der Waals surface area contributed by atoms with Crippen molar-refractivity contribution < 1.29 is 4.79 Å². The number of hydrogen-bond acceptors (Lipinski definition) is 3. The van der Waals surface area contributed by atoms with Crippen molar-refractivity contribution in [3.63, 3.8) is 0 Å². The largest absolute Gasteiger partial charge is 0.357 e. The Morgan fingerprint density at radius 3 is 2.44 bits per heavy atom. The summed E-state index contributed by atoms with van der Waals surface area (Å²) in [5.41, 5.74) is 0. The lowest BCUT2D eigenvalue weighted by Gasteiger charge is -2.33. The Labute approximate surface area is 170 Å². The van der Waals surface area contributed by atoms with E-state index in [0.717, 1.165) is 50.9 Å². The van der Waals surface area contributed by atoms with Crippen molar-refractivity contribution in [1.29, 1.82) is 0 Å². The van der Waals surface area contributed by atoms with Crippen LogP contribution >= 0.6 is 24.0 Å². The van der Waals surface area contributed by atoms with Gasteiger partial charge in [0.1, 0.15) is 0 Å². The molecule has 2 N–H and O–H groups in total. The van der Waals surface area contributed by atoms with Gasteiger partial charge in [-0.15, -0.1) is 24.0 Å². The molecule has 25 heavy (non-hydrogen) atoms. The van der Waals surface area contributed by atoms with Gasteiger partial charge in [0.25, 0.3) is 0 Å². The number of hydrogen-bond donors (Lipinski definition) is 2. The molecular weight excluding hydrogens is 429 g/mol. The first-order chi connectivity index (χ1) is 11.6. The highest BCUT2D eigenvalue weighted by molar-refractivity contribution is 14.0. The lowest BCUT2D eigenvalue weighted by atomic mass is 10.1. The maximum Gasteiger partial charge on any atom is 0.236 e. The molecule has 2 fully saturated rings. The lowest BCUT2D eigenvalue weighted by molar-refractivity contribution is -0.130. The Bertz CT molecular complexity index is 418. The molecule has 1 amide bonds. The van der Waals surface area contributed by atoms with Crippen LogP contribution in [0.3, 0.4) is 0 Å². The molecule has 2 rings (SSSR count). The van der Waals surface area contributed by atoms with Crippen molar-refractivity contribution in [2.75, 3.05) is 46.8 Å². The van der Waals surface area contributed by atoms with Crippen molar-refractivity contribution in [2.24, 2.45) is 10.9 Å². The van der Waals surface area contributed by atoms with Gasteiger partial charge in [-0.1, -0.05) is 12.8 Å². The molecule has 0 atom stereocenters. The highest BCUT2D eigenvalue weighted by Crippen LogP contribution is 2.33. The molecule has 146 valence electrons. The molecule has 6 nitrogen and oxygen atoms in total. The summed E-state index contributed by atoms with van der Waals surface area (Å²) in [6, 6.07) is 0.456. The van der Waals surface area contributed by atoms with Crippen LogP contribution in [0, 0.1) is 5.92 Å². The van der Waals surface area contributed by atoms with Gasteiger partial charge in [0.15, 0.2) is 5.96 Å². The molecule has 0 aromatic carbocycles. The van der Waals surface area contributed by atoms with Crippen molar-refractivity contribution in [1.82, 2.24) is 20.4 Å². The van der Waals surface area contributed by atoms with Gasteiger partial charge >= 0.3 is 0 Å². The standard InChI is InChI=1S/C18H35N5O.HI/c1-4-19-18(20-11-5-6-15-7-8-15)21-16-9-12-23(13-10-16)14-17(24)22(2)3;/h15-16H,4-14H2,1-3H3,(H2,19,20,21);1H. The van der Waals surface area contributed by atoms with Crippen LogP contribution in [0.4, 0.5) is 0 Å². The topological polar surface area (TPSA) is 60.0 Å². The first kappa shape index (κ1) is 22.5. The number of guanidine groups is 1. The SMILES string of the molecule is CCNC(=NCCCC1CC1)NC1CCN(CC(=O)N(C)C)CC1.I. The second kappa shape index (κ2) is 11.9. The first-order valence-corrected chi connectivity index (χ1v) is 9.55. The molecule has 7 heteroatoms. The summed E-state index contributed by atoms with van der Waals surface area (Å²) in [6.45, 7) is 6.40. The number of nitrogens with zero attached hydrogens (tertiary/aromatic N) is 3. The zero-order valence-corrected chi connectivity index (χ0v) is 18.4. The third-order valence-electron chi connectivity index (χ3n) is 4.87. The Morgan fingerprint density at radius 2 is 1.88 bits per heavy atom. The molecule has 0 aromatic heterocycles. The van der Waals surface area contributed by atoms with E-state index in [-0.39, 0.29) is 29.9 Å². The van der Waals surface area contributed by atoms with Crippen LogP contribution in [-0.4, -0.2) is 74.5 Å². The van der Waals surface area contributed by atoms with Crippen molar-refractivity contribution in [3.05, 3.63) is 0 Å². The van der Waals surface area contributed by atoms with Crippen LogP contribution in [0.2, 0.25) is 0 Å². The van der Waals surface area contributed by atoms with E-state index < -0.39 is 0 Å². The highest BCUT2D eigenvalue weighted by Gasteiger charge is 2.22. The van der Waals surface area contributed by atoms with Gasteiger partial charge in [0.05, 0.1) is 6.54 Å². The monoisotopic (exact) mass is 465 g/mol. The number of halogens is 1. The summed E-state index contributed by atoms with van der Waals surface area (Å²) in [7, 11) is 3.64.